The lowest BCUT2D eigenvalue weighted by atomic mass is 10.1. The third-order valence-electron chi connectivity index (χ3n) is 4.99. The molecule has 0 bridgehead atoms. The number of aromatic nitrogens is 2. The van der Waals surface area contributed by atoms with Crippen molar-refractivity contribution in [1.82, 2.24) is 20.0 Å². The number of nitrogens with one attached hydrogen (secondary N) is 1. The number of carbonyl (C=O) groups is 1. The second-order valence-electron chi connectivity index (χ2n) is 7.61. The number of carbonyl (C=O) groups excluding carboxylic acids is 1. The van der Waals surface area contributed by atoms with E-state index in [1.807, 2.05) is 29.8 Å². The molecule has 1 saturated heterocycles. The highest BCUT2D eigenvalue weighted by Crippen LogP contribution is 2.14. The van der Waals surface area contributed by atoms with Crippen molar-refractivity contribution in [3.05, 3.63) is 52.8 Å². The summed E-state index contributed by atoms with van der Waals surface area (Å²) in [4.78, 5) is 15.0. The highest BCUT2D eigenvalue weighted by Gasteiger charge is 2.14. The summed E-state index contributed by atoms with van der Waals surface area (Å²) >= 11 is 0. The molecule has 1 aliphatic rings. The van der Waals surface area contributed by atoms with Gasteiger partial charge in [-0.25, -0.2) is 0 Å². The first-order chi connectivity index (χ1) is 12.5. The number of likely N-dealkylation sites (tertiary alicyclic amines) is 1. The van der Waals surface area contributed by atoms with Crippen LogP contribution >= 0.6 is 0 Å². The van der Waals surface area contributed by atoms with E-state index in [0.29, 0.717) is 12.5 Å². The summed E-state index contributed by atoms with van der Waals surface area (Å²) in [6, 6.07) is 10.1. The predicted octanol–water partition coefficient (Wildman–Crippen LogP) is 3.16. The highest BCUT2D eigenvalue weighted by molar-refractivity contribution is 5.94. The first-order valence-corrected chi connectivity index (χ1v) is 9.62. The first-order valence-electron chi connectivity index (χ1n) is 9.62. The van der Waals surface area contributed by atoms with Gasteiger partial charge in [-0.1, -0.05) is 19.1 Å². The molecule has 0 spiro atoms. The molecule has 1 aromatic heterocycles. The van der Waals surface area contributed by atoms with Gasteiger partial charge in [0.2, 0.25) is 0 Å². The Morgan fingerprint density at radius 3 is 2.69 bits per heavy atom. The molecule has 1 unspecified atom stereocenters. The van der Waals surface area contributed by atoms with Gasteiger partial charge in [0.15, 0.2) is 0 Å². The normalized spacial score (nSPS) is 16.0. The van der Waals surface area contributed by atoms with Gasteiger partial charge >= 0.3 is 0 Å². The molecule has 1 amide bonds. The van der Waals surface area contributed by atoms with Gasteiger partial charge in [-0.05, 0) is 69.5 Å². The molecule has 140 valence electrons. The van der Waals surface area contributed by atoms with Crippen molar-refractivity contribution >= 4 is 5.91 Å². The van der Waals surface area contributed by atoms with Gasteiger partial charge in [0.05, 0.1) is 5.69 Å². The largest absolute Gasteiger partial charge is 0.352 e. The van der Waals surface area contributed by atoms with Crippen molar-refractivity contribution in [3.8, 4) is 0 Å². The smallest absolute Gasteiger partial charge is 0.251 e. The van der Waals surface area contributed by atoms with E-state index in [1.54, 1.807) is 0 Å². The number of rotatable bonds is 7. The van der Waals surface area contributed by atoms with Crippen LogP contribution in [-0.4, -0.2) is 40.2 Å². The number of amides is 1. The average molecular weight is 354 g/mol. The van der Waals surface area contributed by atoms with Crippen molar-refractivity contribution in [3.63, 3.8) is 0 Å². The Hall–Kier alpha value is -2.14. The van der Waals surface area contributed by atoms with E-state index in [2.05, 4.69) is 41.3 Å². The van der Waals surface area contributed by atoms with Crippen LogP contribution in [0.5, 0.6) is 0 Å². The van der Waals surface area contributed by atoms with Crippen LogP contribution in [0.1, 0.15) is 47.1 Å². The van der Waals surface area contributed by atoms with E-state index >= 15 is 0 Å². The Morgan fingerprint density at radius 1 is 1.23 bits per heavy atom. The molecule has 5 nitrogen and oxygen atoms in total. The van der Waals surface area contributed by atoms with Gasteiger partial charge in [-0.2, -0.15) is 5.10 Å². The van der Waals surface area contributed by atoms with Crippen molar-refractivity contribution in [1.29, 1.82) is 0 Å². The fraction of sp³-hybridized carbons (Fsp3) is 0.524. The molecule has 0 radical (unpaired) electrons. The second kappa shape index (κ2) is 8.49. The molecular formula is C21H30N4O. The minimum absolute atomic E-state index is 0.00786. The fourth-order valence-electron chi connectivity index (χ4n) is 3.60. The summed E-state index contributed by atoms with van der Waals surface area (Å²) < 4.78 is 2.02. The van der Waals surface area contributed by atoms with Crippen LogP contribution in [0, 0.1) is 19.8 Å². The van der Waals surface area contributed by atoms with Crippen molar-refractivity contribution in [2.24, 2.45) is 5.92 Å². The number of hydrogen-bond acceptors (Lipinski definition) is 3. The number of aryl methyl sites for hydroxylation is 2. The van der Waals surface area contributed by atoms with Gasteiger partial charge in [0, 0.05) is 30.9 Å². The lowest BCUT2D eigenvalue weighted by Crippen LogP contribution is -2.30. The van der Waals surface area contributed by atoms with Crippen LogP contribution in [0.3, 0.4) is 0 Å². The number of nitrogens with zero attached hydrogens (tertiary/aromatic N) is 3. The minimum Gasteiger partial charge on any atom is -0.352 e. The van der Waals surface area contributed by atoms with E-state index in [4.69, 9.17) is 0 Å². The van der Waals surface area contributed by atoms with E-state index in [0.717, 1.165) is 30.0 Å². The van der Waals surface area contributed by atoms with Gasteiger partial charge in [0.25, 0.3) is 5.91 Å². The summed E-state index contributed by atoms with van der Waals surface area (Å²) in [5, 5.41) is 7.57. The third-order valence-corrected chi connectivity index (χ3v) is 4.99. The maximum absolute atomic E-state index is 12.5. The summed E-state index contributed by atoms with van der Waals surface area (Å²) in [5.74, 6) is 0.332. The van der Waals surface area contributed by atoms with Crippen LogP contribution in [0.15, 0.2) is 30.3 Å². The Morgan fingerprint density at radius 2 is 2.00 bits per heavy atom. The van der Waals surface area contributed by atoms with Gasteiger partial charge in [-0.3, -0.25) is 14.4 Å². The molecule has 1 fully saturated rings. The number of benzene rings is 1. The van der Waals surface area contributed by atoms with Gasteiger partial charge < -0.3 is 5.32 Å². The van der Waals surface area contributed by atoms with Crippen LogP contribution in [0.25, 0.3) is 0 Å². The second-order valence-corrected chi connectivity index (χ2v) is 7.61. The zero-order chi connectivity index (χ0) is 18.5. The summed E-state index contributed by atoms with van der Waals surface area (Å²) in [7, 11) is 0. The fourth-order valence-corrected chi connectivity index (χ4v) is 3.60. The molecule has 3 rings (SSSR count). The van der Waals surface area contributed by atoms with Crippen LogP contribution in [0.4, 0.5) is 0 Å². The maximum Gasteiger partial charge on any atom is 0.251 e. The average Bonchev–Trinajstić information content (AvgIpc) is 3.22. The Bertz CT molecular complexity index is 746. The Labute approximate surface area is 156 Å². The summed E-state index contributed by atoms with van der Waals surface area (Å²) in [5.41, 5.74) is 4.17. The standard InChI is InChI=1S/C21H30N4O/c1-16(14-25-18(3)11-17(2)23-25)13-22-21(26)20-8-6-7-19(12-20)15-24-9-4-5-10-24/h6-8,11-12,16H,4-5,9-10,13-15H2,1-3H3,(H,22,26). The van der Waals surface area contributed by atoms with E-state index in [1.165, 1.54) is 31.5 Å². The van der Waals surface area contributed by atoms with E-state index in [9.17, 15) is 4.79 Å². The molecule has 0 aliphatic carbocycles. The zero-order valence-corrected chi connectivity index (χ0v) is 16.2. The molecule has 5 heteroatoms. The molecule has 0 saturated carbocycles. The summed E-state index contributed by atoms with van der Waals surface area (Å²) in [6.07, 6.45) is 2.57. The van der Waals surface area contributed by atoms with Crippen molar-refractivity contribution < 1.29 is 4.79 Å². The molecule has 1 atom stereocenters. The molecule has 2 heterocycles. The van der Waals surface area contributed by atoms with Crippen molar-refractivity contribution in [2.45, 2.75) is 46.7 Å². The Kier molecular flexibility index (Phi) is 6.09. The van der Waals surface area contributed by atoms with Crippen LogP contribution in [0.2, 0.25) is 0 Å². The van der Waals surface area contributed by atoms with E-state index in [-0.39, 0.29) is 5.91 Å². The number of hydrogen-bond donors (Lipinski definition) is 1. The monoisotopic (exact) mass is 354 g/mol. The van der Waals surface area contributed by atoms with Gasteiger partial charge in [0.1, 0.15) is 0 Å². The molecule has 1 N–H and O–H groups in total. The predicted molar refractivity (Wildman–Crippen MR) is 104 cm³/mol. The lowest BCUT2D eigenvalue weighted by Gasteiger charge is -2.16. The van der Waals surface area contributed by atoms with Crippen LogP contribution in [-0.2, 0) is 13.1 Å². The first kappa shape index (κ1) is 18.6. The molecule has 26 heavy (non-hydrogen) atoms. The van der Waals surface area contributed by atoms with E-state index < -0.39 is 0 Å². The van der Waals surface area contributed by atoms with Gasteiger partial charge in [-0.15, -0.1) is 0 Å². The molecule has 1 aromatic carbocycles. The quantitative estimate of drug-likeness (QED) is 0.831. The maximum atomic E-state index is 12.5. The summed E-state index contributed by atoms with van der Waals surface area (Å²) in [6.45, 7) is 10.9. The lowest BCUT2D eigenvalue weighted by molar-refractivity contribution is 0.0946. The molecule has 2 aromatic rings. The SMILES string of the molecule is Cc1cc(C)n(CC(C)CNC(=O)c2cccc(CN3CCCC3)c2)n1. The zero-order valence-electron chi connectivity index (χ0n) is 16.2. The molecular weight excluding hydrogens is 324 g/mol. The van der Waals surface area contributed by atoms with Crippen molar-refractivity contribution in [2.75, 3.05) is 19.6 Å². The van der Waals surface area contributed by atoms with Crippen LogP contribution < -0.4 is 5.32 Å². The minimum atomic E-state index is 0.00786. The highest BCUT2D eigenvalue weighted by atomic mass is 16.1. The Balaban J connectivity index is 1.51. The molecule has 1 aliphatic heterocycles. The topological polar surface area (TPSA) is 50.2 Å². The third kappa shape index (κ3) is 4.94.